The van der Waals surface area contributed by atoms with E-state index in [2.05, 4.69) is 10.3 Å². The second kappa shape index (κ2) is 8.96. The van der Waals surface area contributed by atoms with Gasteiger partial charge in [-0.1, -0.05) is 12.1 Å². The number of fused-ring (bicyclic) bond motifs is 1. The number of hydrogen-bond acceptors (Lipinski definition) is 5. The predicted octanol–water partition coefficient (Wildman–Crippen LogP) is 3.38. The van der Waals surface area contributed by atoms with E-state index in [9.17, 15) is 14.4 Å². The molecule has 1 saturated heterocycles. The molecular formula is C26H23N3O4. The Kier molecular flexibility index (Phi) is 5.71. The number of pyridine rings is 1. The Morgan fingerprint density at radius 1 is 0.970 bits per heavy atom. The van der Waals surface area contributed by atoms with Crippen LogP contribution in [0.2, 0.25) is 0 Å². The standard InChI is InChI=1S/C26H23N3O4/c30-24(28-16-21-2-1-13-33-21)19-5-8-22-23(15-19)26(32)29(25(22)31)20-6-3-17(4-7-20)14-18-9-11-27-12-10-18/h3-12,15,21H,1-2,13-14,16H2,(H,28,30)/t21-/m0/s1. The van der Waals surface area contributed by atoms with E-state index in [4.69, 9.17) is 4.74 Å². The van der Waals surface area contributed by atoms with Crippen molar-refractivity contribution in [2.24, 2.45) is 0 Å². The quantitative estimate of drug-likeness (QED) is 0.593. The van der Waals surface area contributed by atoms with Crippen molar-refractivity contribution in [2.75, 3.05) is 18.1 Å². The molecular weight excluding hydrogens is 418 g/mol. The van der Waals surface area contributed by atoms with Gasteiger partial charge in [-0.05, 0) is 72.9 Å². The first-order valence-electron chi connectivity index (χ1n) is 11.0. The van der Waals surface area contributed by atoms with Gasteiger partial charge in [0.2, 0.25) is 0 Å². The zero-order valence-corrected chi connectivity index (χ0v) is 18.0. The number of hydrogen-bond donors (Lipinski definition) is 1. The Morgan fingerprint density at radius 3 is 2.42 bits per heavy atom. The molecule has 0 radical (unpaired) electrons. The summed E-state index contributed by atoms with van der Waals surface area (Å²) in [6.45, 7) is 1.15. The molecule has 1 N–H and O–H groups in total. The number of ether oxygens (including phenoxy) is 1. The highest BCUT2D eigenvalue weighted by molar-refractivity contribution is 6.34. The minimum Gasteiger partial charge on any atom is -0.376 e. The monoisotopic (exact) mass is 441 g/mol. The number of amides is 3. The highest BCUT2D eigenvalue weighted by Crippen LogP contribution is 2.29. The highest BCUT2D eigenvalue weighted by Gasteiger charge is 2.37. The normalized spacial score (nSPS) is 17.3. The van der Waals surface area contributed by atoms with Gasteiger partial charge in [0.15, 0.2) is 0 Å². The van der Waals surface area contributed by atoms with Gasteiger partial charge in [-0.3, -0.25) is 19.4 Å². The van der Waals surface area contributed by atoms with Crippen LogP contribution in [0.25, 0.3) is 0 Å². The highest BCUT2D eigenvalue weighted by atomic mass is 16.5. The fourth-order valence-corrected chi connectivity index (χ4v) is 4.23. The topological polar surface area (TPSA) is 88.6 Å². The second-order valence-corrected chi connectivity index (χ2v) is 8.25. The number of aromatic nitrogens is 1. The third-order valence-electron chi connectivity index (χ3n) is 6.02. The maximum absolute atomic E-state index is 13.1. The van der Waals surface area contributed by atoms with Crippen LogP contribution in [0.15, 0.2) is 67.0 Å². The van der Waals surface area contributed by atoms with Crippen LogP contribution in [0.5, 0.6) is 0 Å². The smallest absolute Gasteiger partial charge is 0.266 e. The Bertz CT molecular complexity index is 1200. The van der Waals surface area contributed by atoms with Crippen LogP contribution in [0.4, 0.5) is 5.69 Å². The van der Waals surface area contributed by atoms with Crippen molar-refractivity contribution in [1.82, 2.24) is 10.3 Å². The fourth-order valence-electron chi connectivity index (χ4n) is 4.23. The van der Waals surface area contributed by atoms with Crippen LogP contribution in [0, 0.1) is 0 Å². The molecule has 1 fully saturated rings. The van der Waals surface area contributed by atoms with E-state index in [-0.39, 0.29) is 23.5 Å². The molecule has 0 aliphatic carbocycles. The average molecular weight is 441 g/mol. The minimum absolute atomic E-state index is 0.0311. The average Bonchev–Trinajstić information content (AvgIpc) is 3.45. The van der Waals surface area contributed by atoms with Crippen LogP contribution in [-0.4, -0.2) is 42.0 Å². The molecule has 3 amide bonds. The summed E-state index contributed by atoms with van der Waals surface area (Å²) >= 11 is 0. The maximum Gasteiger partial charge on any atom is 0.266 e. The van der Waals surface area contributed by atoms with Gasteiger partial charge in [0.1, 0.15) is 0 Å². The molecule has 0 unspecified atom stereocenters. The molecule has 2 aliphatic rings. The number of anilines is 1. The van der Waals surface area contributed by atoms with E-state index < -0.39 is 5.91 Å². The Hall–Kier alpha value is -3.84. The molecule has 7 nitrogen and oxygen atoms in total. The first-order valence-corrected chi connectivity index (χ1v) is 11.0. The van der Waals surface area contributed by atoms with Gasteiger partial charge < -0.3 is 10.1 Å². The van der Waals surface area contributed by atoms with Crippen LogP contribution < -0.4 is 10.2 Å². The summed E-state index contributed by atoms with van der Waals surface area (Å²) in [5.74, 6) is -1.10. The van der Waals surface area contributed by atoms with E-state index in [0.29, 0.717) is 23.4 Å². The number of carbonyl (C=O) groups excluding carboxylic acids is 3. The molecule has 0 saturated carbocycles. The maximum atomic E-state index is 13.1. The third kappa shape index (κ3) is 4.27. The lowest BCUT2D eigenvalue weighted by Crippen LogP contribution is -2.31. The second-order valence-electron chi connectivity index (χ2n) is 8.25. The molecule has 7 heteroatoms. The summed E-state index contributed by atoms with van der Waals surface area (Å²) < 4.78 is 5.53. The van der Waals surface area contributed by atoms with Crippen molar-refractivity contribution in [3.63, 3.8) is 0 Å². The molecule has 1 aromatic heterocycles. The van der Waals surface area contributed by atoms with Gasteiger partial charge in [0.05, 0.1) is 22.9 Å². The molecule has 0 bridgehead atoms. The van der Waals surface area contributed by atoms with Gasteiger partial charge in [-0.2, -0.15) is 0 Å². The molecule has 5 rings (SSSR count). The molecule has 1 atom stereocenters. The minimum atomic E-state index is -0.425. The summed E-state index contributed by atoms with van der Waals surface area (Å²) in [5, 5.41) is 2.85. The predicted molar refractivity (Wildman–Crippen MR) is 122 cm³/mol. The fraction of sp³-hybridized carbons (Fsp3) is 0.231. The lowest BCUT2D eigenvalue weighted by Gasteiger charge is -2.14. The number of benzene rings is 2. The molecule has 166 valence electrons. The first kappa shape index (κ1) is 21.0. The van der Waals surface area contributed by atoms with Gasteiger partial charge in [0.25, 0.3) is 17.7 Å². The van der Waals surface area contributed by atoms with Crippen molar-refractivity contribution in [3.8, 4) is 0 Å². The van der Waals surface area contributed by atoms with Gasteiger partial charge in [-0.25, -0.2) is 4.90 Å². The van der Waals surface area contributed by atoms with Crippen LogP contribution in [0.1, 0.15) is 55.0 Å². The van der Waals surface area contributed by atoms with E-state index in [0.717, 1.165) is 41.9 Å². The number of nitrogens with zero attached hydrogens (tertiary/aromatic N) is 2. The van der Waals surface area contributed by atoms with Crippen LogP contribution in [0.3, 0.4) is 0 Å². The Morgan fingerprint density at radius 2 is 1.70 bits per heavy atom. The van der Waals surface area contributed by atoms with E-state index >= 15 is 0 Å². The lowest BCUT2D eigenvalue weighted by molar-refractivity contribution is 0.0857. The Labute approximate surface area is 191 Å². The molecule has 3 heterocycles. The molecule has 0 spiro atoms. The first-order chi connectivity index (χ1) is 16.1. The summed E-state index contributed by atoms with van der Waals surface area (Å²) in [7, 11) is 0. The number of nitrogens with one attached hydrogen (secondary N) is 1. The van der Waals surface area contributed by atoms with Crippen molar-refractivity contribution in [1.29, 1.82) is 0 Å². The summed E-state index contributed by atoms with van der Waals surface area (Å²) in [6.07, 6.45) is 6.18. The number of carbonyl (C=O) groups is 3. The SMILES string of the molecule is O=C(NC[C@@H]1CCCO1)c1ccc2c(c1)C(=O)N(c1ccc(Cc3ccncc3)cc1)C2=O. The Balaban J connectivity index is 1.31. The van der Waals surface area contributed by atoms with Crippen molar-refractivity contribution >= 4 is 23.4 Å². The van der Waals surface area contributed by atoms with E-state index in [1.54, 1.807) is 36.7 Å². The zero-order chi connectivity index (χ0) is 22.8. The third-order valence-corrected chi connectivity index (χ3v) is 6.02. The molecule has 2 aromatic carbocycles. The largest absolute Gasteiger partial charge is 0.376 e. The van der Waals surface area contributed by atoms with Crippen LogP contribution >= 0.6 is 0 Å². The summed E-state index contributed by atoms with van der Waals surface area (Å²) in [4.78, 5) is 43.7. The van der Waals surface area contributed by atoms with Gasteiger partial charge >= 0.3 is 0 Å². The lowest BCUT2D eigenvalue weighted by atomic mass is 10.1. The van der Waals surface area contributed by atoms with Gasteiger partial charge in [0, 0.05) is 31.1 Å². The van der Waals surface area contributed by atoms with Gasteiger partial charge in [-0.15, -0.1) is 0 Å². The molecule has 3 aromatic rings. The summed E-state index contributed by atoms with van der Waals surface area (Å²) in [5.41, 5.74) is 3.59. The van der Waals surface area contributed by atoms with E-state index in [1.807, 2.05) is 24.3 Å². The molecule has 33 heavy (non-hydrogen) atoms. The van der Waals surface area contributed by atoms with Crippen molar-refractivity contribution < 1.29 is 19.1 Å². The number of imide groups is 1. The summed E-state index contributed by atoms with van der Waals surface area (Å²) in [6, 6.07) is 15.9. The van der Waals surface area contributed by atoms with E-state index in [1.165, 1.54) is 6.07 Å². The zero-order valence-electron chi connectivity index (χ0n) is 18.0. The van der Waals surface area contributed by atoms with Crippen molar-refractivity contribution in [2.45, 2.75) is 25.4 Å². The van der Waals surface area contributed by atoms with Crippen molar-refractivity contribution in [3.05, 3.63) is 94.8 Å². The van der Waals surface area contributed by atoms with Crippen LogP contribution in [-0.2, 0) is 11.2 Å². The number of rotatable bonds is 6. The molecule has 2 aliphatic heterocycles.